The summed E-state index contributed by atoms with van der Waals surface area (Å²) in [7, 11) is 0. The number of hydrogen-bond acceptors (Lipinski definition) is 2. The van der Waals surface area contributed by atoms with Crippen LogP contribution in [0.15, 0.2) is 60.7 Å². The smallest absolute Gasteiger partial charge is 0.141 e. The van der Waals surface area contributed by atoms with Gasteiger partial charge in [-0.05, 0) is 49.3 Å². The van der Waals surface area contributed by atoms with E-state index in [0.29, 0.717) is 5.92 Å². The van der Waals surface area contributed by atoms with E-state index >= 15 is 0 Å². The van der Waals surface area contributed by atoms with E-state index in [4.69, 9.17) is 0 Å². The number of phenols is 1. The molecule has 29 heavy (non-hydrogen) atoms. The molecule has 2 nitrogen and oxygen atoms in total. The lowest BCUT2D eigenvalue weighted by Gasteiger charge is -2.17. The second kappa shape index (κ2) is 11.6. The number of pyridine rings is 1. The van der Waals surface area contributed by atoms with Crippen molar-refractivity contribution in [2.45, 2.75) is 77.0 Å². The molecule has 1 unspecified atom stereocenters. The van der Waals surface area contributed by atoms with Gasteiger partial charge in [-0.25, -0.2) is 4.98 Å². The monoisotopic (exact) mass is 389 g/mol. The molecule has 1 atom stereocenters. The Morgan fingerprint density at radius 3 is 2.31 bits per heavy atom. The number of para-hydroxylation sites is 1. The number of benzene rings is 2. The zero-order valence-corrected chi connectivity index (χ0v) is 17.8. The molecule has 0 radical (unpaired) electrons. The van der Waals surface area contributed by atoms with Gasteiger partial charge in [0.05, 0.1) is 0 Å². The van der Waals surface area contributed by atoms with Gasteiger partial charge in [-0.15, -0.1) is 0 Å². The fourth-order valence-electron chi connectivity index (χ4n) is 4.21. The molecule has 154 valence electrons. The molecule has 3 rings (SSSR count). The molecule has 2 aromatic carbocycles. The number of phenolic OH excluding ortho intramolecular Hbond substituents is 1. The van der Waals surface area contributed by atoms with E-state index in [0.717, 1.165) is 29.4 Å². The van der Waals surface area contributed by atoms with E-state index in [1.807, 2.05) is 12.1 Å². The van der Waals surface area contributed by atoms with Crippen LogP contribution >= 0.6 is 0 Å². The molecule has 0 spiro atoms. The summed E-state index contributed by atoms with van der Waals surface area (Å²) in [4.78, 5) is 4.65. The van der Waals surface area contributed by atoms with Crippen LogP contribution in [0.3, 0.4) is 0 Å². The number of fused-ring (bicyclic) bond motifs is 1. The molecule has 1 heterocycles. The number of aryl methyl sites for hydroxylation is 1. The van der Waals surface area contributed by atoms with Gasteiger partial charge in [0.1, 0.15) is 11.3 Å². The van der Waals surface area contributed by atoms with Crippen molar-refractivity contribution in [1.82, 2.24) is 4.98 Å². The van der Waals surface area contributed by atoms with Gasteiger partial charge in [0.15, 0.2) is 0 Å². The summed E-state index contributed by atoms with van der Waals surface area (Å²) in [6, 6.07) is 20.8. The van der Waals surface area contributed by atoms with Gasteiger partial charge < -0.3 is 5.11 Å². The fraction of sp³-hybridized carbons (Fsp3) is 0.444. The third-order valence-electron chi connectivity index (χ3n) is 5.92. The zero-order valence-electron chi connectivity index (χ0n) is 17.8. The van der Waals surface area contributed by atoms with E-state index in [-0.39, 0.29) is 5.75 Å². The Hall–Kier alpha value is -2.35. The first-order valence-corrected chi connectivity index (χ1v) is 11.4. The lowest BCUT2D eigenvalue weighted by atomic mass is 9.88. The van der Waals surface area contributed by atoms with E-state index in [2.05, 4.69) is 54.4 Å². The maximum atomic E-state index is 10.00. The van der Waals surface area contributed by atoms with Crippen LogP contribution in [0.5, 0.6) is 5.75 Å². The first kappa shape index (κ1) is 21.4. The highest BCUT2D eigenvalue weighted by Gasteiger charge is 2.10. The van der Waals surface area contributed by atoms with Crippen molar-refractivity contribution in [1.29, 1.82) is 0 Å². The summed E-state index contributed by atoms with van der Waals surface area (Å²) in [5.41, 5.74) is 3.33. The van der Waals surface area contributed by atoms with Gasteiger partial charge in [0, 0.05) is 11.1 Å². The van der Waals surface area contributed by atoms with E-state index in [1.165, 1.54) is 56.9 Å². The van der Waals surface area contributed by atoms with Crippen LogP contribution in [0.1, 0.15) is 81.9 Å². The molecule has 0 aliphatic carbocycles. The molecule has 3 aromatic rings. The van der Waals surface area contributed by atoms with Crippen molar-refractivity contribution in [2.24, 2.45) is 0 Å². The number of nitrogens with zero attached hydrogens (tertiary/aromatic N) is 1. The predicted molar refractivity (Wildman–Crippen MR) is 124 cm³/mol. The summed E-state index contributed by atoms with van der Waals surface area (Å²) >= 11 is 0. The van der Waals surface area contributed by atoms with Crippen molar-refractivity contribution in [3.05, 3.63) is 71.9 Å². The van der Waals surface area contributed by atoms with Gasteiger partial charge in [0.25, 0.3) is 0 Å². The van der Waals surface area contributed by atoms with Gasteiger partial charge >= 0.3 is 0 Å². The average Bonchev–Trinajstić information content (AvgIpc) is 2.76. The Bertz CT molecular complexity index is 859. The lowest BCUT2D eigenvalue weighted by molar-refractivity contribution is 0.480. The summed E-state index contributed by atoms with van der Waals surface area (Å²) in [5.74, 6) is 0.993. The lowest BCUT2D eigenvalue weighted by Crippen LogP contribution is -1.99. The standard InChI is InChI=1S/C27H35NO/c1-2-3-7-13-22(23-15-9-6-10-16-23)14-8-4-5-11-18-25-21-20-24-17-12-19-26(29)27(24)28-25/h6,9-10,12,15-17,19-22,29H,2-5,7-8,11,13-14,18H2,1H3. The molecule has 0 saturated heterocycles. The molecule has 2 heteroatoms. The Morgan fingerprint density at radius 1 is 0.759 bits per heavy atom. The molecule has 1 aromatic heterocycles. The molecular weight excluding hydrogens is 354 g/mol. The third kappa shape index (κ3) is 6.59. The minimum absolute atomic E-state index is 0.277. The first-order chi connectivity index (χ1) is 14.3. The van der Waals surface area contributed by atoms with Gasteiger partial charge in [0.2, 0.25) is 0 Å². The maximum Gasteiger partial charge on any atom is 0.141 e. The van der Waals surface area contributed by atoms with Crippen molar-refractivity contribution < 1.29 is 5.11 Å². The second-order valence-electron chi connectivity index (χ2n) is 8.21. The van der Waals surface area contributed by atoms with Crippen molar-refractivity contribution >= 4 is 10.9 Å². The van der Waals surface area contributed by atoms with Gasteiger partial charge in [-0.3, -0.25) is 0 Å². The predicted octanol–water partition coefficient (Wildman–Crippen LogP) is 7.80. The molecule has 0 amide bonds. The van der Waals surface area contributed by atoms with Gasteiger partial charge in [-0.1, -0.05) is 94.0 Å². The van der Waals surface area contributed by atoms with Crippen molar-refractivity contribution in [3.63, 3.8) is 0 Å². The van der Waals surface area contributed by atoms with Crippen LogP contribution in [0, 0.1) is 0 Å². The van der Waals surface area contributed by atoms with Crippen LogP contribution in [0.4, 0.5) is 0 Å². The van der Waals surface area contributed by atoms with E-state index < -0.39 is 0 Å². The summed E-state index contributed by atoms with van der Waals surface area (Å²) in [5, 5.41) is 11.0. The molecule has 0 bridgehead atoms. The molecule has 0 aliphatic heterocycles. The molecule has 1 N–H and O–H groups in total. The highest BCUT2D eigenvalue weighted by Crippen LogP contribution is 2.28. The Kier molecular flexibility index (Phi) is 8.55. The average molecular weight is 390 g/mol. The maximum absolute atomic E-state index is 10.00. The number of unbranched alkanes of at least 4 members (excludes halogenated alkanes) is 5. The summed E-state index contributed by atoms with van der Waals surface area (Å²) in [6.07, 6.45) is 12.6. The Labute approximate surface area is 176 Å². The molecule has 0 fully saturated rings. The van der Waals surface area contributed by atoms with Crippen LogP contribution in [-0.4, -0.2) is 10.1 Å². The number of aromatic nitrogens is 1. The first-order valence-electron chi connectivity index (χ1n) is 11.4. The molecule has 0 saturated carbocycles. The summed E-state index contributed by atoms with van der Waals surface area (Å²) in [6.45, 7) is 2.28. The quantitative estimate of drug-likeness (QED) is 0.321. The minimum Gasteiger partial charge on any atom is -0.506 e. The van der Waals surface area contributed by atoms with E-state index in [9.17, 15) is 5.11 Å². The normalized spacial score (nSPS) is 12.3. The van der Waals surface area contributed by atoms with Crippen molar-refractivity contribution in [3.8, 4) is 5.75 Å². The third-order valence-corrected chi connectivity index (χ3v) is 5.92. The van der Waals surface area contributed by atoms with E-state index in [1.54, 1.807) is 6.07 Å². The SMILES string of the molecule is CCCCCC(CCCCCCc1ccc2cccc(O)c2n1)c1ccccc1. The van der Waals surface area contributed by atoms with Crippen LogP contribution in [-0.2, 0) is 6.42 Å². The van der Waals surface area contributed by atoms with Crippen LogP contribution in [0.25, 0.3) is 10.9 Å². The Balaban J connectivity index is 1.41. The fourth-order valence-corrected chi connectivity index (χ4v) is 4.21. The second-order valence-corrected chi connectivity index (χ2v) is 8.21. The number of hydrogen-bond donors (Lipinski definition) is 1. The molecule has 0 aliphatic rings. The van der Waals surface area contributed by atoms with Crippen LogP contribution in [0.2, 0.25) is 0 Å². The van der Waals surface area contributed by atoms with Crippen LogP contribution < -0.4 is 0 Å². The zero-order chi connectivity index (χ0) is 20.3. The van der Waals surface area contributed by atoms with Gasteiger partial charge in [-0.2, -0.15) is 0 Å². The highest BCUT2D eigenvalue weighted by atomic mass is 16.3. The highest BCUT2D eigenvalue weighted by molar-refractivity contribution is 5.84. The molecular formula is C27H35NO. The largest absolute Gasteiger partial charge is 0.506 e. The number of rotatable bonds is 12. The topological polar surface area (TPSA) is 33.1 Å². The minimum atomic E-state index is 0.277. The summed E-state index contributed by atoms with van der Waals surface area (Å²) < 4.78 is 0. The number of aromatic hydroxyl groups is 1. The Morgan fingerprint density at radius 2 is 1.52 bits per heavy atom. The van der Waals surface area contributed by atoms with Crippen molar-refractivity contribution in [2.75, 3.05) is 0 Å².